The molecule has 0 aliphatic carbocycles. The van der Waals surface area contributed by atoms with Crippen LogP contribution in [0.25, 0.3) is 0 Å². The molecule has 0 saturated carbocycles. The van der Waals surface area contributed by atoms with E-state index in [-0.39, 0.29) is 29.3 Å². The summed E-state index contributed by atoms with van der Waals surface area (Å²) in [6, 6.07) is 13.3. The van der Waals surface area contributed by atoms with Crippen molar-refractivity contribution in [3.8, 4) is 11.5 Å². The molecule has 1 aliphatic rings. The number of aliphatic hydroxyl groups is 1. The van der Waals surface area contributed by atoms with Gasteiger partial charge in [-0.1, -0.05) is 36.4 Å². The summed E-state index contributed by atoms with van der Waals surface area (Å²) in [6.07, 6.45) is -0.221. The van der Waals surface area contributed by atoms with Gasteiger partial charge in [0.15, 0.2) is 5.78 Å². The number of benzene rings is 2. The van der Waals surface area contributed by atoms with Crippen molar-refractivity contribution >= 4 is 5.78 Å². The number of carbonyl (C=O) groups is 1. The van der Waals surface area contributed by atoms with Gasteiger partial charge in [-0.2, -0.15) is 0 Å². The Morgan fingerprint density at radius 3 is 2.53 bits per heavy atom. The Kier molecular flexibility index (Phi) is 2.54. The zero-order chi connectivity index (χ0) is 13.5. The van der Waals surface area contributed by atoms with Crippen LogP contribution in [0, 0.1) is 0 Å². The highest BCUT2D eigenvalue weighted by Crippen LogP contribution is 2.40. The minimum Gasteiger partial charge on any atom is -0.507 e. The third-order valence-corrected chi connectivity index (χ3v) is 3.19. The molecule has 0 unspecified atom stereocenters. The number of hydrogen-bond acceptors (Lipinski definition) is 4. The van der Waals surface area contributed by atoms with Crippen LogP contribution < -0.4 is 4.74 Å². The number of phenols is 1. The highest BCUT2D eigenvalue weighted by Gasteiger charge is 2.41. The van der Waals surface area contributed by atoms with Gasteiger partial charge in [-0.25, -0.2) is 0 Å². The van der Waals surface area contributed by atoms with Crippen molar-refractivity contribution < 1.29 is 19.7 Å². The van der Waals surface area contributed by atoms with Gasteiger partial charge in [0, 0.05) is 5.56 Å². The minimum absolute atomic E-state index is 0.127. The molecule has 2 aromatic rings. The number of rotatable bonds is 1. The van der Waals surface area contributed by atoms with Crippen LogP contribution >= 0.6 is 0 Å². The number of hydrogen-bond donors (Lipinski definition) is 2. The van der Waals surface area contributed by atoms with Crippen molar-refractivity contribution in [2.75, 3.05) is 0 Å². The molecule has 19 heavy (non-hydrogen) atoms. The Morgan fingerprint density at radius 1 is 1.05 bits per heavy atom. The van der Waals surface area contributed by atoms with Gasteiger partial charge >= 0.3 is 0 Å². The molecule has 0 radical (unpaired) electrons. The lowest BCUT2D eigenvalue weighted by Crippen LogP contribution is -2.39. The number of phenolic OH excluding ortho intramolecular Hbond substituents is 1. The van der Waals surface area contributed by atoms with Gasteiger partial charge in [0.25, 0.3) is 0 Å². The molecule has 0 aromatic heterocycles. The lowest BCUT2D eigenvalue weighted by molar-refractivity contribution is -0.147. The first kappa shape index (κ1) is 11.7. The number of fused-ring (bicyclic) bond motifs is 1. The first-order valence-electron chi connectivity index (χ1n) is 5.92. The van der Waals surface area contributed by atoms with E-state index in [4.69, 9.17) is 4.74 Å². The molecule has 96 valence electrons. The van der Waals surface area contributed by atoms with E-state index in [9.17, 15) is 15.0 Å². The van der Waals surface area contributed by atoms with E-state index in [1.54, 1.807) is 36.4 Å². The van der Waals surface area contributed by atoms with Crippen LogP contribution in [0.5, 0.6) is 11.5 Å². The predicted octanol–water partition coefficient (Wildman–Crippen LogP) is 2.20. The van der Waals surface area contributed by atoms with Crippen LogP contribution in [0.4, 0.5) is 0 Å². The number of ketones is 1. The average molecular weight is 256 g/mol. The topological polar surface area (TPSA) is 66.8 Å². The maximum Gasteiger partial charge on any atom is 0.242 e. The molecule has 4 heteroatoms. The van der Waals surface area contributed by atoms with E-state index < -0.39 is 5.79 Å². The van der Waals surface area contributed by atoms with Crippen LogP contribution in [0.3, 0.4) is 0 Å². The molecular formula is C15H12O4. The summed E-state index contributed by atoms with van der Waals surface area (Å²) in [5.74, 6) is -1.95. The first-order valence-corrected chi connectivity index (χ1v) is 5.92. The largest absolute Gasteiger partial charge is 0.507 e. The second kappa shape index (κ2) is 4.10. The van der Waals surface area contributed by atoms with Gasteiger partial charge in [0.05, 0.1) is 6.42 Å². The fourth-order valence-electron chi connectivity index (χ4n) is 2.27. The third kappa shape index (κ3) is 1.86. The Labute approximate surface area is 109 Å². The molecule has 4 nitrogen and oxygen atoms in total. The standard InChI is InChI=1S/C15H12O4/c16-11-7-4-8-13-14(11)12(17)9-15(18,19-13)10-5-2-1-3-6-10/h1-8,16,18H,9H2/t15-/m0/s1. The van der Waals surface area contributed by atoms with E-state index >= 15 is 0 Å². The smallest absolute Gasteiger partial charge is 0.242 e. The van der Waals surface area contributed by atoms with Crippen LogP contribution in [-0.4, -0.2) is 16.0 Å². The lowest BCUT2D eigenvalue weighted by atomic mass is 9.93. The number of carbonyl (C=O) groups excluding carboxylic acids is 1. The summed E-state index contributed by atoms with van der Waals surface area (Å²) in [4.78, 5) is 12.1. The summed E-state index contributed by atoms with van der Waals surface area (Å²) < 4.78 is 5.53. The second-order valence-corrected chi connectivity index (χ2v) is 4.50. The second-order valence-electron chi connectivity index (χ2n) is 4.50. The Bertz CT molecular complexity index is 636. The molecular weight excluding hydrogens is 244 g/mol. The highest BCUT2D eigenvalue weighted by molar-refractivity contribution is 6.02. The molecule has 1 heterocycles. The Balaban J connectivity index is 2.09. The summed E-state index contributed by atoms with van der Waals surface area (Å²) in [7, 11) is 0. The van der Waals surface area contributed by atoms with Crippen molar-refractivity contribution in [3.63, 3.8) is 0 Å². The van der Waals surface area contributed by atoms with Crippen LogP contribution in [-0.2, 0) is 5.79 Å². The molecule has 1 aliphatic heterocycles. The van der Waals surface area contributed by atoms with Crippen molar-refractivity contribution in [1.29, 1.82) is 0 Å². The van der Waals surface area contributed by atoms with Gasteiger partial charge in [0.1, 0.15) is 17.1 Å². The Hall–Kier alpha value is -2.33. The number of aromatic hydroxyl groups is 1. The zero-order valence-corrected chi connectivity index (χ0v) is 10.0. The zero-order valence-electron chi connectivity index (χ0n) is 10.0. The molecule has 2 aromatic carbocycles. The first-order chi connectivity index (χ1) is 9.10. The number of ether oxygens (including phenoxy) is 1. The van der Waals surface area contributed by atoms with Crippen molar-refractivity contribution in [1.82, 2.24) is 0 Å². The van der Waals surface area contributed by atoms with E-state index in [0.717, 1.165) is 0 Å². The van der Waals surface area contributed by atoms with Crippen molar-refractivity contribution in [3.05, 3.63) is 59.7 Å². The normalized spacial score (nSPS) is 21.6. The molecule has 3 rings (SSSR count). The quantitative estimate of drug-likeness (QED) is 0.820. The fourth-order valence-corrected chi connectivity index (χ4v) is 2.27. The maximum atomic E-state index is 12.1. The molecule has 1 atom stereocenters. The minimum atomic E-state index is -1.68. The summed E-state index contributed by atoms with van der Waals surface area (Å²) in [5.41, 5.74) is 0.639. The Morgan fingerprint density at radius 2 is 1.79 bits per heavy atom. The van der Waals surface area contributed by atoms with Crippen LogP contribution in [0.1, 0.15) is 22.3 Å². The van der Waals surface area contributed by atoms with E-state index in [1.165, 1.54) is 6.07 Å². The number of Topliss-reactive ketones (excluding diaryl/α,β-unsaturated/α-hetero) is 1. The van der Waals surface area contributed by atoms with Gasteiger partial charge in [-0.3, -0.25) is 4.79 Å². The molecule has 2 N–H and O–H groups in total. The predicted molar refractivity (Wildman–Crippen MR) is 68.0 cm³/mol. The summed E-state index contributed by atoms with van der Waals surface area (Å²) in [5, 5.41) is 20.2. The van der Waals surface area contributed by atoms with Crippen molar-refractivity contribution in [2.24, 2.45) is 0 Å². The van der Waals surface area contributed by atoms with Crippen LogP contribution in [0.2, 0.25) is 0 Å². The molecule has 0 spiro atoms. The van der Waals surface area contributed by atoms with Crippen LogP contribution in [0.15, 0.2) is 48.5 Å². The average Bonchev–Trinajstić information content (AvgIpc) is 2.39. The maximum absolute atomic E-state index is 12.1. The third-order valence-electron chi connectivity index (χ3n) is 3.19. The van der Waals surface area contributed by atoms with E-state index in [0.29, 0.717) is 5.56 Å². The van der Waals surface area contributed by atoms with Gasteiger partial charge in [0.2, 0.25) is 5.79 Å². The van der Waals surface area contributed by atoms with Gasteiger partial charge in [-0.05, 0) is 12.1 Å². The lowest BCUT2D eigenvalue weighted by Gasteiger charge is -2.33. The molecule has 0 fully saturated rings. The molecule has 0 amide bonds. The van der Waals surface area contributed by atoms with Gasteiger partial charge < -0.3 is 14.9 Å². The van der Waals surface area contributed by atoms with E-state index in [2.05, 4.69) is 0 Å². The fraction of sp³-hybridized carbons (Fsp3) is 0.133. The monoisotopic (exact) mass is 256 g/mol. The molecule has 0 bridgehead atoms. The SMILES string of the molecule is O=C1C[C@@](O)(c2ccccc2)Oc2cccc(O)c21. The molecule has 0 saturated heterocycles. The van der Waals surface area contributed by atoms with Crippen molar-refractivity contribution in [2.45, 2.75) is 12.2 Å². The van der Waals surface area contributed by atoms with Gasteiger partial charge in [-0.15, -0.1) is 0 Å². The summed E-state index contributed by atoms with van der Waals surface area (Å²) >= 11 is 0. The highest BCUT2D eigenvalue weighted by atomic mass is 16.6. The summed E-state index contributed by atoms with van der Waals surface area (Å²) in [6.45, 7) is 0. The van der Waals surface area contributed by atoms with E-state index in [1.807, 2.05) is 6.07 Å².